The second-order valence-corrected chi connectivity index (χ2v) is 7.91. The maximum Gasteiger partial charge on any atom is 0.288 e. The molecule has 0 aliphatic carbocycles. The molecule has 10 heteroatoms. The number of halogens is 2. The number of hydrogen-bond donors (Lipinski definition) is 2. The molecule has 1 atom stereocenters. The number of thioether (sulfide) groups is 1. The fourth-order valence-corrected chi connectivity index (χ4v) is 3.37. The third-order valence-corrected chi connectivity index (χ3v) is 5.19. The van der Waals surface area contributed by atoms with Crippen LogP contribution < -0.4 is 10.6 Å². The van der Waals surface area contributed by atoms with Crippen LogP contribution in [-0.4, -0.2) is 34.8 Å². The minimum absolute atomic E-state index is 0.0536. The van der Waals surface area contributed by atoms with Gasteiger partial charge in [-0.25, -0.2) is 0 Å². The summed E-state index contributed by atoms with van der Waals surface area (Å²) in [6.45, 7) is 0.261. The minimum atomic E-state index is -0.788. The lowest BCUT2D eigenvalue weighted by atomic mass is 10.1. The van der Waals surface area contributed by atoms with Gasteiger partial charge in [0, 0.05) is 23.2 Å². The summed E-state index contributed by atoms with van der Waals surface area (Å²) in [5, 5.41) is 16.9. The van der Waals surface area contributed by atoms with Crippen molar-refractivity contribution in [2.45, 2.75) is 19.0 Å². The van der Waals surface area contributed by atoms with Crippen molar-refractivity contribution in [1.29, 1.82) is 0 Å². The van der Waals surface area contributed by atoms with E-state index in [9.17, 15) is 19.7 Å². The van der Waals surface area contributed by atoms with E-state index in [4.69, 9.17) is 23.2 Å². The molecule has 0 aliphatic heterocycles. The van der Waals surface area contributed by atoms with Gasteiger partial charge in [0.15, 0.2) is 0 Å². The van der Waals surface area contributed by atoms with Crippen molar-refractivity contribution >= 4 is 52.5 Å². The third kappa shape index (κ3) is 6.92. The van der Waals surface area contributed by atoms with E-state index < -0.39 is 16.9 Å². The Morgan fingerprint density at radius 3 is 2.62 bits per heavy atom. The van der Waals surface area contributed by atoms with Crippen LogP contribution in [0.15, 0.2) is 42.5 Å². The van der Waals surface area contributed by atoms with E-state index in [1.165, 1.54) is 23.9 Å². The fraction of sp³-hybridized carbons (Fsp3) is 0.263. The van der Waals surface area contributed by atoms with Crippen molar-refractivity contribution in [2.24, 2.45) is 0 Å². The summed E-state index contributed by atoms with van der Waals surface area (Å²) in [4.78, 5) is 35.5. The summed E-state index contributed by atoms with van der Waals surface area (Å²) in [5.41, 5.74) is 0.511. The van der Waals surface area contributed by atoms with Gasteiger partial charge in [-0.15, -0.1) is 0 Å². The van der Waals surface area contributed by atoms with Crippen molar-refractivity contribution in [1.82, 2.24) is 10.6 Å². The maximum atomic E-state index is 12.6. The number of nitrogens with zero attached hydrogens (tertiary/aromatic N) is 1. The van der Waals surface area contributed by atoms with Gasteiger partial charge < -0.3 is 10.6 Å². The standard InChI is InChI=1S/C19H19Cl2N3O4S/c1-29-8-7-16(19(26)22-11-12-3-2-4-14(20)9-12)23-18(25)13-5-6-15(21)17(10-13)24(27)28/h2-6,9-10,16H,7-8,11H2,1H3,(H,22,26)(H,23,25). The molecule has 0 fully saturated rings. The SMILES string of the molecule is CSCCC(NC(=O)c1ccc(Cl)c([N+](=O)[O-])c1)C(=O)NCc1cccc(Cl)c1. The largest absolute Gasteiger partial charge is 0.350 e. The number of nitro groups is 1. The molecule has 0 bridgehead atoms. The van der Waals surface area contributed by atoms with Gasteiger partial charge in [-0.2, -0.15) is 11.8 Å². The number of rotatable bonds is 9. The molecule has 0 heterocycles. The lowest BCUT2D eigenvalue weighted by molar-refractivity contribution is -0.384. The highest BCUT2D eigenvalue weighted by Crippen LogP contribution is 2.25. The smallest absolute Gasteiger partial charge is 0.288 e. The van der Waals surface area contributed by atoms with Crippen molar-refractivity contribution in [3.8, 4) is 0 Å². The first-order valence-electron chi connectivity index (χ1n) is 8.57. The average molecular weight is 456 g/mol. The van der Waals surface area contributed by atoms with Crippen LogP contribution in [0.4, 0.5) is 5.69 Å². The van der Waals surface area contributed by atoms with E-state index in [1.54, 1.807) is 18.2 Å². The van der Waals surface area contributed by atoms with Crippen LogP contribution in [0.1, 0.15) is 22.3 Å². The second kappa shape index (κ2) is 11.0. The number of carbonyl (C=O) groups excluding carboxylic acids is 2. The predicted molar refractivity (Wildman–Crippen MR) is 116 cm³/mol. The fourth-order valence-electron chi connectivity index (χ4n) is 2.50. The van der Waals surface area contributed by atoms with Gasteiger partial charge in [0.05, 0.1) is 4.92 Å². The van der Waals surface area contributed by atoms with Crippen LogP contribution in [-0.2, 0) is 11.3 Å². The molecule has 0 aromatic heterocycles. The first-order chi connectivity index (χ1) is 13.8. The first-order valence-corrected chi connectivity index (χ1v) is 10.7. The van der Waals surface area contributed by atoms with Gasteiger partial charge >= 0.3 is 0 Å². The molecule has 154 valence electrons. The van der Waals surface area contributed by atoms with Gasteiger partial charge in [-0.05, 0) is 48.3 Å². The molecule has 7 nitrogen and oxygen atoms in total. The molecule has 29 heavy (non-hydrogen) atoms. The molecule has 0 saturated heterocycles. The van der Waals surface area contributed by atoms with E-state index in [2.05, 4.69) is 10.6 Å². The third-order valence-electron chi connectivity index (χ3n) is 3.99. The van der Waals surface area contributed by atoms with Crippen molar-refractivity contribution in [3.63, 3.8) is 0 Å². The highest BCUT2D eigenvalue weighted by Gasteiger charge is 2.23. The second-order valence-electron chi connectivity index (χ2n) is 6.08. The van der Waals surface area contributed by atoms with Crippen LogP contribution in [0.5, 0.6) is 0 Å². The number of nitrogens with one attached hydrogen (secondary N) is 2. The minimum Gasteiger partial charge on any atom is -0.350 e. The average Bonchev–Trinajstić information content (AvgIpc) is 2.69. The Hall–Kier alpha value is -2.29. The van der Waals surface area contributed by atoms with Crippen LogP contribution in [0.3, 0.4) is 0 Å². The van der Waals surface area contributed by atoms with Crippen LogP contribution in [0.25, 0.3) is 0 Å². The molecule has 2 amide bonds. The first kappa shape index (κ1) is 23.0. The summed E-state index contributed by atoms with van der Waals surface area (Å²) in [6, 6.07) is 10.0. The zero-order chi connectivity index (χ0) is 21.4. The normalized spacial score (nSPS) is 11.6. The van der Waals surface area contributed by atoms with Crippen molar-refractivity contribution in [2.75, 3.05) is 12.0 Å². The molecule has 2 aromatic carbocycles. The molecule has 0 spiro atoms. The zero-order valence-electron chi connectivity index (χ0n) is 15.5. The summed E-state index contributed by atoms with van der Waals surface area (Å²) >= 11 is 13.3. The number of carbonyl (C=O) groups is 2. The van der Waals surface area contributed by atoms with Crippen LogP contribution in [0.2, 0.25) is 10.0 Å². The summed E-state index contributed by atoms with van der Waals surface area (Å²) < 4.78 is 0. The Morgan fingerprint density at radius 1 is 1.21 bits per heavy atom. The lowest BCUT2D eigenvalue weighted by Crippen LogP contribution is -2.46. The van der Waals surface area contributed by atoms with Crippen molar-refractivity contribution in [3.05, 3.63) is 73.8 Å². The van der Waals surface area contributed by atoms with E-state index in [1.807, 2.05) is 12.3 Å². The Labute approximate surface area is 182 Å². The summed E-state index contributed by atoms with van der Waals surface area (Å²) in [5.74, 6) is -0.291. The monoisotopic (exact) mass is 455 g/mol. The Bertz CT molecular complexity index is 911. The topological polar surface area (TPSA) is 101 Å². The lowest BCUT2D eigenvalue weighted by Gasteiger charge is -2.18. The van der Waals surface area contributed by atoms with E-state index in [-0.39, 0.29) is 28.7 Å². The van der Waals surface area contributed by atoms with E-state index in [0.29, 0.717) is 17.2 Å². The van der Waals surface area contributed by atoms with E-state index >= 15 is 0 Å². The van der Waals surface area contributed by atoms with Gasteiger partial charge in [0.2, 0.25) is 5.91 Å². The number of amides is 2. The molecule has 0 radical (unpaired) electrons. The summed E-state index contributed by atoms with van der Waals surface area (Å²) in [6.07, 6.45) is 2.30. The molecule has 2 aromatic rings. The number of benzene rings is 2. The summed E-state index contributed by atoms with van der Waals surface area (Å²) in [7, 11) is 0. The molecule has 2 rings (SSSR count). The van der Waals surface area contributed by atoms with Gasteiger partial charge in [-0.3, -0.25) is 19.7 Å². The Balaban J connectivity index is 2.08. The molecule has 2 N–H and O–H groups in total. The van der Waals surface area contributed by atoms with Gasteiger partial charge in [-0.1, -0.05) is 35.3 Å². The number of nitro benzene ring substituents is 1. The van der Waals surface area contributed by atoms with Crippen LogP contribution >= 0.6 is 35.0 Å². The van der Waals surface area contributed by atoms with Gasteiger partial charge in [0.25, 0.3) is 11.6 Å². The van der Waals surface area contributed by atoms with Crippen molar-refractivity contribution < 1.29 is 14.5 Å². The molecular weight excluding hydrogens is 437 g/mol. The molecule has 0 saturated carbocycles. The van der Waals surface area contributed by atoms with Gasteiger partial charge in [0.1, 0.15) is 11.1 Å². The Kier molecular flexibility index (Phi) is 8.75. The number of hydrogen-bond acceptors (Lipinski definition) is 5. The molecule has 1 unspecified atom stereocenters. The molecular formula is C19H19Cl2N3O4S. The van der Waals surface area contributed by atoms with Crippen LogP contribution in [0, 0.1) is 10.1 Å². The molecule has 0 aliphatic rings. The predicted octanol–water partition coefficient (Wildman–Crippen LogP) is 4.07. The highest BCUT2D eigenvalue weighted by molar-refractivity contribution is 7.98. The van der Waals surface area contributed by atoms with E-state index in [0.717, 1.165) is 11.6 Å². The zero-order valence-corrected chi connectivity index (χ0v) is 17.8. The highest BCUT2D eigenvalue weighted by atomic mass is 35.5. The Morgan fingerprint density at radius 2 is 1.97 bits per heavy atom. The quantitative estimate of drug-likeness (QED) is 0.438. The maximum absolute atomic E-state index is 12.6.